The standard InChI is InChI=1S/C35H43N7O4S2/c1-21(2)42(23(4)43)28-18-25(31(44)41-16-12-15-27(41)30-36-22(3)20-47-30)17-26(37-28)29-39-40-32(48-29)35(8,19-24-13-10-9-11-14-24)38-33(45)46-34(5,6)7/h9-11,13-14,17-18,20-21,27H,12,15-16,19H2,1-8H3,(H,38,45). The summed E-state index contributed by atoms with van der Waals surface area (Å²) in [5.41, 5.74) is 1.07. The number of hydrogen-bond acceptors (Lipinski definition) is 10. The number of carbonyl (C=O) groups is 3. The molecule has 0 saturated carbocycles. The average Bonchev–Trinajstić information content (AvgIpc) is 3.77. The molecule has 2 atom stereocenters. The summed E-state index contributed by atoms with van der Waals surface area (Å²) in [6.07, 6.45) is 1.56. The first-order valence-electron chi connectivity index (χ1n) is 16.1. The zero-order valence-electron chi connectivity index (χ0n) is 28.7. The van der Waals surface area contributed by atoms with Gasteiger partial charge in [0, 0.05) is 42.6 Å². The van der Waals surface area contributed by atoms with Gasteiger partial charge in [0.1, 0.15) is 27.1 Å². The van der Waals surface area contributed by atoms with Crippen molar-refractivity contribution in [1.29, 1.82) is 0 Å². The van der Waals surface area contributed by atoms with Crippen LogP contribution in [0.1, 0.15) is 99.0 Å². The highest BCUT2D eigenvalue weighted by Gasteiger charge is 2.36. The second-order valence-corrected chi connectivity index (χ2v) is 15.5. The lowest BCUT2D eigenvalue weighted by Crippen LogP contribution is -2.47. The molecule has 1 N–H and O–H groups in total. The third-order valence-electron chi connectivity index (χ3n) is 7.89. The number of likely N-dealkylation sites (tertiary alicyclic amines) is 1. The number of rotatable bonds is 9. The molecule has 4 heterocycles. The van der Waals surface area contributed by atoms with E-state index in [2.05, 4.69) is 20.5 Å². The predicted octanol–water partition coefficient (Wildman–Crippen LogP) is 7.09. The van der Waals surface area contributed by atoms with Crippen LogP contribution < -0.4 is 10.2 Å². The van der Waals surface area contributed by atoms with Crippen LogP contribution in [0.15, 0.2) is 47.8 Å². The van der Waals surface area contributed by atoms with Crippen LogP contribution in [0, 0.1) is 6.92 Å². The van der Waals surface area contributed by atoms with Crippen LogP contribution in [0.4, 0.5) is 10.6 Å². The molecule has 3 amide bonds. The monoisotopic (exact) mass is 689 g/mol. The Morgan fingerprint density at radius 3 is 2.44 bits per heavy atom. The van der Waals surface area contributed by atoms with Crippen molar-refractivity contribution in [2.45, 2.75) is 97.9 Å². The van der Waals surface area contributed by atoms with E-state index in [1.807, 2.05) is 89.1 Å². The largest absolute Gasteiger partial charge is 0.444 e. The van der Waals surface area contributed by atoms with Gasteiger partial charge in [-0.3, -0.25) is 14.5 Å². The van der Waals surface area contributed by atoms with E-state index in [1.165, 1.54) is 18.3 Å². The fourth-order valence-corrected chi connectivity index (χ4v) is 7.72. The molecule has 2 unspecified atom stereocenters. The Bertz CT molecular complexity index is 1780. The maximum Gasteiger partial charge on any atom is 0.408 e. The molecule has 0 bridgehead atoms. The van der Waals surface area contributed by atoms with Crippen molar-refractivity contribution in [2.75, 3.05) is 11.4 Å². The number of nitrogens with one attached hydrogen (secondary N) is 1. The Balaban J connectivity index is 1.56. The molecule has 3 aromatic heterocycles. The molecule has 13 heteroatoms. The Kier molecular flexibility index (Phi) is 10.3. The number of alkyl carbamates (subject to hydrolysis) is 1. The summed E-state index contributed by atoms with van der Waals surface area (Å²) in [6, 6.07) is 12.9. The second-order valence-electron chi connectivity index (χ2n) is 13.6. The van der Waals surface area contributed by atoms with E-state index in [9.17, 15) is 14.4 Å². The van der Waals surface area contributed by atoms with Crippen LogP contribution in [0.3, 0.4) is 0 Å². The highest BCUT2D eigenvalue weighted by atomic mass is 32.1. The molecule has 5 rings (SSSR count). The van der Waals surface area contributed by atoms with Crippen molar-refractivity contribution < 1.29 is 19.1 Å². The van der Waals surface area contributed by atoms with Crippen LogP contribution in [0.5, 0.6) is 0 Å². The van der Waals surface area contributed by atoms with Gasteiger partial charge in [-0.05, 0) is 79.0 Å². The van der Waals surface area contributed by atoms with E-state index in [1.54, 1.807) is 28.4 Å². The van der Waals surface area contributed by atoms with Crippen molar-refractivity contribution >= 4 is 46.4 Å². The normalized spacial score (nSPS) is 16.1. The van der Waals surface area contributed by atoms with Gasteiger partial charge in [0.15, 0.2) is 5.01 Å². The molecule has 0 radical (unpaired) electrons. The third-order valence-corrected chi connectivity index (χ3v) is 10.2. The smallest absolute Gasteiger partial charge is 0.408 e. The summed E-state index contributed by atoms with van der Waals surface area (Å²) in [7, 11) is 0. The molecular weight excluding hydrogens is 647 g/mol. The first-order valence-corrected chi connectivity index (χ1v) is 17.8. The lowest BCUT2D eigenvalue weighted by Gasteiger charge is -2.30. The van der Waals surface area contributed by atoms with Crippen LogP contribution in [-0.2, 0) is 21.5 Å². The minimum absolute atomic E-state index is 0.115. The van der Waals surface area contributed by atoms with Crippen molar-refractivity contribution in [3.05, 3.63) is 74.7 Å². The predicted molar refractivity (Wildman–Crippen MR) is 188 cm³/mol. The maximum absolute atomic E-state index is 14.2. The van der Waals surface area contributed by atoms with Crippen molar-refractivity contribution in [3.8, 4) is 10.7 Å². The summed E-state index contributed by atoms with van der Waals surface area (Å²) < 4.78 is 5.61. The SMILES string of the molecule is CC(=O)N(c1cc(C(=O)N2CCCC2c2nc(C)cs2)cc(-c2nnc(C(C)(Cc3ccccc3)NC(=O)OC(C)(C)C)s2)n1)C(C)C. The number of hydrogen-bond donors (Lipinski definition) is 1. The third kappa shape index (κ3) is 8.07. The van der Waals surface area contributed by atoms with Gasteiger partial charge in [-0.2, -0.15) is 0 Å². The lowest BCUT2D eigenvalue weighted by atomic mass is 9.93. The van der Waals surface area contributed by atoms with Gasteiger partial charge < -0.3 is 15.0 Å². The number of nitrogens with zero attached hydrogens (tertiary/aromatic N) is 6. The number of anilines is 1. The van der Waals surface area contributed by atoms with Gasteiger partial charge in [-0.25, -0.2) is 14.8 Å². The van der Waals surface area contributed by atoms with Gasteiger partial charge in [-0.15, -0.1) is 21.5 Å². The molecule has 1 aliphatic heterocycles. The number of carbonyl (C=O) groups excluding carboxylic acids is 3. The van der Waals surface area contributed by atoms with E-state index < -0.39 is 17.2 Å². The number of amides is 3. The van der Waals surface area contributed by atoms with E-state index in [0.717, 1.165) is 29.1 Å². The van der Waals surface area contributed by atoms with Gasteiger partial charge in [0.05, 0.1) is 11.6 Å². The Morgan fingerprint density at radius 2 is 1.81 bits per heavy atom. The van der Waals surface area contributed by atoms with Gasteiger partial charge in [-0.1, -0.05) is 41.7 Å². The number of aryl methyl sites for hydroxylation is 1. The number of pyridine rings is 1. The quantitative estimate of drug-likeness (QED) is 0.197. The molecule has 48 heavy (non-hydrogen) atoms. The Morgan fingerprint density at radius 1 is 1.08 bits per heavy atom. The number of benzene rings is 1. The lowest BCUT2D eigenvalue weighted by molar-refractivity contribution is -0.116. The summed E-state index contributed by atoms with van der Waals surface area (Å²) in [5, 5.41) is 16.0. The molecule has 1 aromatic carbocycles. The van der Waals surface area contributed by atoms with Crippen molar-refractivity contribution in [1.82, 2.24) is 30.4 Å². The summed E-state index contributed by atoms with van der Waals surface area (Å²) in [4.78, 5) is 53.1. The first kappa shape index (κ1) is 35.1. The zero-order valence-corrected chi connectivity index (χ0v) is 30.4. The molecule has 11 nitrogen and oxygen atoms in total. The topological polar surface area (TPSA) is 131 Å². The second kappa shape index (κ2) is 14.1. The summed E-state index contributed by atoms with van der Waals surface area (Å²) >= 11 is 2.84. The number of aromatic nitrogens is 4. The number of ether oxygens (including phenoxy) is 1. The summed E-state index contributed by atoms with van der Waals surface area (Å²) in [5.74, 6) is 0.00272. The molecule has 1 saturated heterocycles. The molecular formula is C35H43N7O4S2. The van der Waals surface area contributed by atoms with Crippen LogP contribution in [0.2, 0.25) is 0 Å². The number of thiazole rings is 1. The Labute approximate surface area is 289 Å². The molecule has 0 spiro atoms. The van der Waals surface area contributed by atoms with Crippen LogP contribution >= 0.6 is 22.7 Å². The van der Waals surface area contributed by atoms with Crippen LogP contribution in [-0.4, -0.2) is 61.2 Å². The Hall–Kier alpha value is -4.23. The van der Waals surface area contributed by atoms with Gasteiger partial charge in [0.2, 0.25) is 5.91 Å². The molecule has 4 aromatic rings. The van der Waals surface area contributed by atoms with E-state index in [-0.39, 0.29) is 23.9 Å². The summed E-state index contributed by atoms with van der Waals surface area (Å²) in [6.45, 7) is 15.2. The average molecular weight is 690 g/mol. The van der Waals surface area contributed by atoms with Gasteiger partial charge >= 0.3 is 6.09 Å². The van der Waals surface area contributed by atoms with Crippen LogP contribution in [0.25, 0.3) is 10.7 Å². The fraction of sp³-hybridized carbons (Fsp3) is 0.457. The minimum Gasteiger partial charge on any atom is -0.444 e. The van der Waals surface area contributed by atoms with E-state index in [4.69, 9.17) is 9.72 Å². The van der Waals surface area contributed by atoms with E-state index in [0.29, 0.717) is 40.1 Å². The van der Waals surface area contributed by atoms with Crippen molar-refractivity contribution in [3.63, 3.8) is 0 Å². The molecule has 1 aliphatic rings. The molecule has 0 aliphatic carbocycles. The highest BCUT2D eigenvalue weighted by molar-refractivity contribution is 7.14. The van der Waals surface area contributed by atoms with E-state index >= 15 is 0 Å². The van der Waals surface area contributed by atoms with Gasteiger partial charge in [0.25, 0.3) is 5.91 Å². The molecule has 1 fully saturated rings. The van der Waals surface area contributed by atoms with Crippen molar-refractivity contribution in [2.24, 2.45) is 0 Å². The minimum atomic E-state index is -0.978. The zero-order chi connectivity index (χ0) is 34.8. The first-order chi connectivity index (χ1) is 22.6. The molecule has 254 valence electrons. The fourth-order valence-electron chi connectivity index (χ4n) is 5.88. The maximum atomic E-state index is 14.2. The highest BCUT2D eigenvalue weighted by Crippen LogP contribution is 2.37.